The molecule has 1 aromatic rings. The predicted molar refractivity (Wildman–Crippen MR) is 65.6 cm³/mol. The lowest BCUT2D eigenvalue weighted by atomic mass is 10.1. The number of hydrogen-bond donors (Lipinski definition) is 0. The minimum absolute atomic E-state index is 0.853. The molecule has 0 aliphatic rings. The lowest BCUT2D eigenvalue weighted by Crippen LogP contribution is -2.01. The lowest BCUT2D eigenvalue weighted by molar-refractivity contribution is 0.301. The summed E-state index contributed by atoms with van der Waals surface area (Å²) in [5.74, 6) is 1.11. The van der Waals surface area contributed by atoms with E-state index in [1.807, 2.05) is 0 Å². The van der Waals surface area contributed by atoms with E-state index in [2.05, 4.69) is 39.0 Å². The van der Waals surface area contributed by atoms with Crippen LogP contribution in [-0.4, -0.2) is 6.61 Å². The van der Waals surface area contributed by atoms with E-state index in [-0.39, 0.29) is 0 Å². The molecule has 0 saturated heterocycles. The minimum atomic E-state index is 0.853. The molecule has 0 saturated carbocycles. The van der Waals surface area contributed by atoms with Gasteiger partial charge in [-0.25, -0.2) is 0 Å². The van der Waals surface area contributed by atoms with Crippen LogP contribution in [0.5, 0.6) is 5.75 Å². The van der Waals surface area contributed by atoms with Crippen molar-refractivity contribution in [1.29, 1.82) is 0 Å². The van der Waals surface area contributed by atoms with Crippen molar-refractivity contribution in [3.63, 3.8) is 0 Å². The molecule has 0 aromatic heterocycles. The van der Waals surface area contributed by atoms with Gasteiger partial charge in [0, 0.05) is 0 Å². The molecule has 1 nitrogen and oxygen atoms in total. The molecular weight excluding hydrogens is 184 g/mol. The van der Waals surface area contributed by atoms with Gasteiger partial charge in [-0.2, -0.15) is 0 Å². The van der Waals surface area contributed by atoms with E-state index in [1.165, 1.54) is 24.0 Å². The van der Waals surface area contributed by atoms with Gasteiger partial charge in [0.1, 0.15) is 5.75 Å². The second kappa shape index (κ2) is 6.49. The standard InChI is InChI=1S/C14H22O/c1-4-6-7-11-15-14-12(3)9-8-10-13(14)5-2/h8-10H,4-7,11H2,1-3H3. The highest BCUT2D eigenvalue weighted by Gasteiger charge is 2.04. The number of para-hydroxylation sites is 1. The Morgan fingerprint density at radius 3 is 2.60 bits per heavy atom. The average molecular weight is 206 g/mol. The van der Waals surface area contributed by atoms with Crippen LogP contribution in [0.25, 0.3) is 0 Å². The van der Waals surface area contributed by atoms with Crippen molar-refractivity contribution in [2.24, 2.45) is 0 Å². The summed E-state index contributed by atoms with van der Waals surface area (Å²) in [6.07, 6.45) is 4.71. The maximum absolute atomic E-state index is 5.86. The van der Waals surface area contributed by atoms with E-state index in [0.717, 1.165) is 25.2 Å². The monoisotopic (exact) mass is 206 g/mol. The number of ether oxygens (including phenoxy) is 1. The Kier molecular flexibility index (Phi) is 5.23. The fourth-order valence-electron chi connectivity index (χ4n) is 1.72. The highest BCUT2D eigenvalue weighted by Crippen LogP contribution is 2.24. The summed E-state index contributed by atoms with van der Waals surface area (Å²) in [7, 11) is 0. The molecule has 0 unspecified atom stereocenters. The van der Waals surface area contributed by atoms with Gasteiger partial charge in [0.05, 0.1) is 6.61 Å². The summed E-state index contributed by atoms with van der Waals surface area (Å²) >= 11 is 0. The number of hydrogen-bond acceptors (Lipinski definition) is 1. The topological polar surface area (TPSA) is 9.23 Å². The van der Waals surface area contributed by atoms with E-state index in [0.29, 0.717) is 0 Å². The van der Waals surface area contributed by atoms with E-state index in [1.54, 1.807) is 0 Å². The summed E-state index contributed by atoms with van der Waals surface area (Å²) in [6, 6.07) is 6.38. The summed E-state index contributed by atoms with van der Waals surface area (Å²) in [4.78, 5) is 0. The predicted octanol–water partition coefficient (Wildman–Crippen LogP) is 4.13. The molecule has 1 rings (SSSR count). The number of benzene rings is 1. The van der Waals surface area contributed by atoms with E-state index in [9.17, 15) is 0 Å². The molecule has 84 valence electrons. The molecule has 0 atom stereocenters. The van der Waals surface area contributed by atoms with E-state index < -0.39 is 0 Å². The third-order valence-electron chi connectivity index (χ3n) is 2.67. The smallest absolute Gasteiger partial charge is 0.125 e. The van der Waals surface area contributed by atoms with Gasteiger partial charge in [0.2, 0.25) is 0 Å². The number of rotatable bonds is 6. The number of unbranched alkanes of at least 4 members (excludes halogenated alkanes) is 2. The van der Waals surface area contributed by atoms with Crippen molar-refractivity contribution < 1.29 is 4.74 Å². The van der Waals surface area contributed by atoms with Crippen LogP contribution in [0, 0.1) is 6.92 Å². The van der Waals surface area contributed by atoms with Crippen molar-refractivity contribution in [2.75, 3.05) is 6.61 Å². The zero-order valence-electron chi connectivity index (χ0n) is 10.2. The van der Waals surface area contributed by atoms with Crippen LogP contribution in [0.1, 0.15) is 44.2 Å². The maximum Gasteiger partial charge on any atom is 0.125 e. The highest BCUT2D eigenvalue weighted by molar-refractivity contribution is 5.40. The Morgan fingerprint density at radius 1 is 1.13 bits per heavy atom. The fourth-order valence-corrected chi connectivity index (χ4v) is 1.72. The molecule has 0 heterocycles. The van der Waals surface area contributed by atoms with Crippen LogP contribution in [-0.2, 0) is 6.42 Å². The molecule has 1 heteroatoms. The van der Waals surface area contributed by atoms with Crippen molar-refractivity contribution >= 4 is 0 Å². The van der Waals surface area contributed by atoms with Gasteiger partial charge in [0.25, 0.3) is 0 Å². The molecule has 1 aromatic carbocycles. The summed E-state index contributed by atoms with van der Waals surface area (Å²) in [5.41, 5.74) is 2.58. The Bertz CT molecular complexity index is 291. The van der Waals surface area contributed by atoms with Crippen molar-refractivity contribution in [3.05, 3.63) is 29.3 Å². The van der Waals surface area contributed by atoms with Crippen LogP contribution < -0.4 is 4.74 Å². The maximum atomic E-state index is 5.86. The molecule has 0 bridgehead atoms. The second-order valence-corrected chi connectivity index (χ2v) is 3.97. The molecule has 0 aliphatic heterocycles. The largest absolute Gasteiger partial charge is 0.493 e. The first-order chi connectivity index (χ1) is 7.29. The zero-order chi connectivity index (χ0) is 11.1. The Hall–Kier alpha value is -0.980. The third-order valence-corrected chi connectivity index (χ3v) is 2.67. The van der Waals surface area contributed by atoms with Crippen molar-refractivity contribution in [3.8, 4) is 5.75 Å². The van der Waals surface area contributed by atoms with Gasteiger partial charge in [0.15, 0.2) is 0 Å². The van der Waals surface area contributed by atoms with Gasteiger partial charge < -0.3 is 4.74 Å². The van der Waals surface area contributed by atoms with Gasteiger partial charge in [-0.05, 0) is 30.9 Å². The summed E-state index contributed by atoms with van der Waals surface area (Å²) in [5, 5.41) is 0. The first-order valence-electron chi connectivity index (χ1n) is 6.00. The summed E-state index contributed by atoms with van der Waals surface area (Å²) in [6.45, 7) is 7.36. The van der Waals surface area contributed by atoms with Crippen molar-refractivity contribution in [1.82, 2.24) is 0 Å². The average Bonchev–Trinajstić information content (AvgIpc) is 2.26. The van der Waals surface area contributed by atoms with Gasteiger partial charge >= 0.3 is 0 Å². The molecule has 0 N–H and O–H groups in total. The second-order valence-electron chi connectivity index (χ2n) is 3.97. The molecule has 0 fully saturated rings. The van der Waals surface area contributed by atoms with Crippen LogP contribution in [0.3, 0.4) is 0 Å². The van der Waals surface area contributed by atoms with Crippen LogP contribution >= 0.6 is 0 Å². The van der Waals surface area contributed by atoms with Crippen LogP contribution in [0.15, 0.2) is 18.2 Å². The molecule has 0 aliphatic carbocycles. The highest BCUT2D eigenvalue weighted by atomic mass is 16.5. The zero-order valence-corrected chi connectivity index (χ0v) is 10.2. The third kappa shape index (κ3) is 3.58. The number of aryl methyl sites for hydroxylation is 2. The SMILES string of the molecule is CCCCCOc1c(C)cccc1CC. The normalized spacial score (nSPS) is 10.3. The quantitative estimate of drug-likeness (QED) is 0.636. The first-order valence-corrected chi connectivity index (χ1v) is 6.00. The molecule has 0 spiro atoms. The lowest BCUT2D eigenvalue weighted by Gasteiger charge is -2.12. The summed E-state index contributed by atoms with van der Waals surface area (Å²) < 4.78 is 5.86. The van der Waals surface area contributed by atoms with Gasteiger partial charge in [-0.15, -0.1) is 0 Å². The fraction of sp³-hybridized carbons (Fsp3) is 0.571. The minimum Gasteiger partial charge on any atom is -0.493 e. The van der Waals surface area contributed by atoms with Gasteiger partial charge in [-0.3, -0.25) is 0 Å². The van der Waals surface area contributed by atoms with E-state index >= 15 is 0 Å². The van der Waals surface area contributed by atoms with Crippen molar-refractivity contribution in [2.45, 2.75) is 46.5 Å². The molecule has 0 amide bonds. The van der Waals surface area contributed by atoms with Crippen LogP contribution in [0.2, 0.25) is 0 Å². The first kappa shape index (κ1) is 12.1. The van der Waals surface area contributed by atoms with E-state index in [4.69, 9.17) is 4.74 Å². The molecule has 0 radical (unpaired) electrons. The molecular formula is C14H22O. The van der Waals surface area contributed by atoms with Gasteiger partial charge in [-0.1, -0.05) is 44.9 Å². The Labute approximate surface area is 93.5 Å². The Balaban J connectivity index is 2.58. The van der Waals surface area contributed by atoms with Crippen LogP contribution in [0.4, 0.5) is 0 Å². The molecule has 15 heavy (non-hydrogen) atoms. The Morgan fingerprint density at radius 2 is 1.93 bits per heavy atom.